The molecule has 0 aliphatic carbocycles. The fourth-order valence-electron chi connectivity index (χ4n) is 2.05. The quantitative estimate of drug-likeness (QED) is 0.631. The lowest BCUT2D eigenvalue weighted by molar-refractivity contribution is -0.139. The maximum absolute atomic E-state index is 13.1. The third kappa shape index (κ3) is 3.67. The molecule has 0 spiro atoms. The molecule has 0 unspecified atom stereocenters. The van der Waals surface area contributed by atoms with Crippen LogP contribution in [0.4, 0.5) is 18.9 Å². The van der Waals surface area contributed by atoms with Crippen molar-refractivity contribution in [3.8, 4) is 0 Å². The summed E-state index contributed by atoms with van der Waals surface area (Å²) in [6.45, 7) is -0.633. The molecule has 2 N–H and O–H groups in total. The highest BCUT2D eigenvalue weighted by molar-refractivity contribution is 7.98. The predicted octanol–water partition coefficient (Wildman–Crippen LogP) is 2.08. The molecule has 2 amide bonds. The number of aliphatic hydroxyl groups excluding tert-OH is 1. The number of hydrogen-bond donors (Lipinski definition) is 2. The average Bonchev–Trinajstić information content (AvgIpc) is 2.74. The van der Waals surface area contributed by atoms with E-state index in [-0.39, 0.29) is 17.9 Å². The van der Waals surface area contributed by atoms with Crippen LogP contribution < -0.4 is 5.32 Å². The number of imide groups is 1. The van der Waals surface area contributed by atoms with Crippen LogP contribution in [0.3, 0.4) is 0 Å². The van der Waals surface area contributed by atoms with Gasteiger partial charge in [0, 0.05) is 11.0 Å². The van der Waals surface area contributed by atoms with E-state index in [1.54, 1.807) is 6.26 Å². The molecule has 5 nitrogen and oxygen atoms in total. The molecule has 0 saturated carbocycles. The van der Waals surface area contributed by atoms with Crippen LogP contribution in [-0.2, 0) is 15.8 Å². The highest BCUT2D eigenvalue weighted by Crippen LogP contribution is 2.37. The van der Waals surface area contributed by atoms with Gasteiger partial charge in [0.1, 0.15) is 5.70 Å². The van der Waals surface area contributed by atoms with E-state index in [1.807, 2.05) is 0 Å². The minimum atomic E-state index is -4.61. The number of hydrogen-bond acceptors (Lipinski definition) is 5. The lowest BCUT2D eigenvalue weighted by Crippen LogP contribution is -2.34. The van der Waals surface area contributed by atoms with Crippen LogP contribution in [0.25, 0.3) is 0 Å². The zero-order valence-electron chi connectivity index (χ0n) is 12.0. The average molecular weight is 346 g/mol. The first-order valence-corrected chi connectivity index (χ1v) is 7.71. The first-order chi connectivity index (χ1) is 10.8. The minimum Gasteiger partial charge on any atom is -0.395 e. The Morgan fingerprint density at radius 3 is 2.57 bits per heavy atom. The molecule has 23 heavy (non-hydrogen) atoms. The van der Waals surface area contributed by atoms with Gasteiger partial charge < -0.3 is 10.4 Å². The van der Waals surface area contributed by atoms with Crippen molar-refractivity contribution < 1.29 is 27.9 Å². The fourth-order valence-corrected chi connectivity index (χ4v) is 2.49. The molecule has 0 aromatic heterocycles. The largest absolute Gasteiger partial charge is 0.418 e. The fraction of sp³-hybridized carbons (Fsp3) is 0.286. The Bertz CT molecular complexity index is 674. The Balaban J connectivity index is 2.32. The van der Waals surface area contributed by atoms with Gasteiger partial charge in [0.05, 0.1) is 24.4 Å². The number of nitrogens with zero attached hydrogens (tertiary/aromatic N) is 1. The number of amides is 2. The van der Waals surface area contributed by atoms with Crippen LogP contribution in [0.2, 0.25) is 0 Å². The molecular weight excluding hydrogens is 333 g/mol. The standard InChI is InChI=1S/C14H13F3N2O3S/c1-23-8-2-3-10(9(6-8)14(15,16)17)18-11-7-12(21)19(4-5-20)13(11)22/h2-3,6-7,18,20H,4-5H2,1H3. The number of anilines is 1. The number of benzene rings is 1. The van der Waals surface area contributed by atoms with Crippen LogP contribution in [-0.4, -0.2) is 41.2 Å². The molecule has 9 heteroatoms. The Morgan fingerprint density at radius 2 is 2.00 bits per heavy atom. The van der Waals surface area contributed by atoms with Crippen LogP contribution in [0.15, 0.2) is 34.9 Å². The molecule has 0 fully saturated rings. The highest BCUT2D eigenvalue weighted by atomic mass is 32.2. The Labute approximate surface area is 134 Å². The van der Waals surface area contributed by atoms with Crippen LogP contribution >= 0.6 is 11.8 Å². The van der Waals surface area contributed by atoms with Crippen molar-refractivity contribution in [2.75, 3.05) is 24.7 Å². The number of nitrogens with one attached hydrogen (secondary N) is 1. The van der Waals surface area contributed by atoms with Gasteiger partial charge in [-0.2, -0.15) is 13.2 Å². The van der Waals surface area contributed by atoms with E-state index in [0.717, 1.165) is 28.8 Å². The topological polar surface area (TPSA) is 69.6 Å². The molecule has 124 valence electrons. The van der Waals surface area contributed by atoms with Gasteiger partial charge in [0.25, 0.3) is 11.8 Å². The van der Waals surface area contributed by atoms with E-state index in [1.165, 1.54) is 12.1 Å². The number of aliphatic hydroxyl groups is 1. The zero-order chi connectivity index (χ0) is 17.2. The van der Waals surface area contributed by atoms with Crippen molar-refractivity contribution >= 4 is 29.3 Å². The van der Waals surface area contributed by atoms with E-state index in [2.05, 4.69) is 5.32 Å². The SMILES string of the molecule is CSc1ccc(NC2=CC(=O)N(CCO)C2=O)c(C(F)(F)F)c1. The van der Waals surface area contributed by atoms with Gasteiger partial charge in [-0.3, -0.25) is 14.5 Å². The lowest BCUT2D eigenvalue weighted by atomic mass is 10.1. The predicted molar refractivity (Wildman–Crippen MR) is 78.7 cm³/mol. The minimum absolute atomic E-state index is 0.211. The van der Waals surface area contributed by atoms with Gasteiger partial charge in [-0.05, 0) is 24.5 Å². The molecule has 1 heterocycles. The lowest BCUT2D eigenvalue weighted by Gasteiger charge is -2.17. The van der Waals surface area contributed by atoms with Gasteiger partial charge in [0.2, 0.25) is 0 Å². The van der Waals surface area contributed by atoms with Crippen molar-refractivity contribution in [3.63, 3.8) is 0 Å². The second-order valence-corrected chi connectivity index (χ2v) is 5.49. The molecule has 1 aliphatic heterocycles. The number of halogens is 3. The molecule has 0 saturated heterocycles. The summed E-state index contributed by atoms with van der Waals surface area (Å²) in [6, 6.07) is 3.66. The molecule has 0 atom stereocenters. The van der Waals surface area contributed by atoms with E-state index in [0.29, 0.717) is 4.90 Å². The van der Waals surface area contributed by atoms with E-state index in [4.69, 9.17) is 5.11 Å². The summed E-state index contributed by atoms with van der Waals surface area (Å²) in [6.07, 6.45) is -2.04. The monoisotopic (exact) mass is 346 g/mol. The van der Waals surface area contributed by atoms with Gasteiger partial charge in [-0.15, -0.1) is 11.8 Å². The third-order valence-electron chi connectivity index (χ3n) is 3.13. The molecule has 1 aromatic rings. The Hall–Kier alpha value is -2.00. The number of carbonyl (C=O) groups is 2. The number of carbonyl (C=O) groups excluding carboxylic acids is 2. The molecule has 2 rings (SSSR count). The van der Waals surface area contributed by atoms with E-state index < -0.39 is 30.2 Å². The smallest absolute Gasteiger partial charge is 0.395 e. The molecule has 0 radical (unpaired) electrons. The summed E-state index contributed by atoms with van der Waals surface area (Å²) in [4.78, 5) is 24.8. The van der Waals surface area contributed by atoms with Crippen LogP contribution in [0.5, 0.6) is 0 Å². The summed E-state index contributed by atoms with van der Waals surface area (Å²) in [5.74, 6) is -1.45. The summed E-state index contributed by atoms with van der Waals surface area (Å²) in [7, 11) is 0. The zero-order valence-corrected chi connectivity index (χ0v) is 12.8. The van der Waals surface area contributed by atoms with Crippen LogP contribution in [0.1, 0.15) is 5.56 Å². The molecule has 0 bridgehead atoms. The Morgan fingerprint density at radius 1 is 1.30 bits per heavy atom. The summed E-state index contributed by atoms with van der Waals surface area (Å²) >= 11 is 1.16. The summed E-state index contributed by atoms with van der Waals surface area (Å²) in [5.41, 5.74) is -1.49. The van der Waals surface area contributed by atoms with Crippen molar-refractivity contribution in [3.05, 3.63) is 35.5 Å². The maximum atomic E-state index is 13.1. The van der Waals surface area contributed by atoms with Crippen molar-refractivity contribution in [2.24, 2.45) is 0 Å². The van der Waals surface area contributed by atoms with E-state index in [9.17, 15) is 22.8 Å². The number of thioether (sulfide) groups is 1. The molecule has 1 aromatic carbocycles. The number of β-amino-alcohol motifs (C(OH)–C–C–N with tert-alkyl or cyclic N) is 1. The van der Waals surface area contributed by atoms with Gasteiger partial charge >= 0.3 is 6.18 Å². The first-order valence-electron chi connectivity index (χ1n) is 6.48. The van der Waals surface area contributed by atoms with Gasteiger partial charge in [0.15, 0.2) is 0 Å². The summed E-state index contributed by atoms with van der Waals surface area (Å²) in [5, 5.41) is 11.2. The second-order valence-electron chi connectivity index (χ2n) is 4.61. The highest BCUT2D eigenvalue weighted by Gasteiger charge is 2.36. The maximum Gasteiger partial charge on any atom is 0.418 e. The number of rotatable bonds is 5. The van der Waals surface area contributed by atoms with Gasteiger partial charge in [-0.1, -0.05) is 0 Å². The Kier molecular flexibility index (Phi) is 5.00. The van der Waals surface area contributed by atoms with Crippen LogP contribution in [0, 0.1) is 0 Å². The first kappa shape index (κ1) is 17.4. The van der Waals surface area contributed by atoms with Crippen molar-refractivity contribution in [1.82, 2.24) is 4.90 Å². The molecule has 1 aliphatic rings. The number of alkyl halides is 3. The van der Waals surface area contributed by atoms with E-state index >= 15 is 0 Å². The van der Waals surface area contributed by atoms with Crippen molar-refractivity contribution in [2.45, 2.75) is 11.1 Å². The normalized spacial score (nSPS) is 15.2. The second kappa shape index (κ2) is 6.63. The molecular formula is C14H13F3N2O3S. The van der Waals surface area contributed by atoms with Gasteiger partial charge in [-0.25, -0.2) is 0 Å². The third-order valence-corrected chi connectivity index (χ3v) is 3.86. The summed E-state index contributed by atoms with van der Waals surface area (Å²) < 4.78 is 39.4. The van der Waals surface area contributed by atoms with Crippen molar-refractivity contribution in [1.29, 1.82) is 0 Å².